The summed E-state index contributed by atoms with van der Waals surface area (Å²) in [5.74, 6) is 0.923. The largest absolute Gasteiger partial charge is 0.462 e. The Morgan fingerprint density at radius 1 is 1.16 bits per heavy atom. The maximum absolute atomic E-state index is 13.0. The first-order valence-corrected chi connectivity index (χ1v) is 14.6. The van der Waals surface area contributed by atoms with Gasteiger partial charge in [-0.3, -0.25) is 9.59 Å². The van der Waals surface area contributed by atoms with Crippen LogP contribution in [0.15, 0.2) is 23.8 Å². The summed E-state index contributed by atoms with van der Waals surface area (Å²) in [7, 11) is 0. The molecule has 0 unspecified atom stereocenters. The fourth-order valence-electron chi connectivity index (χ4n) is 10.0. The molecule has 3 fully saturated rings. The number of hydrogen-bond acceptors (Lipinski definition) is 6. The Bertz CT molecular complexity index is 1070. The fourth-order valence-corrected chi connectivity index (χ4v) is 10.0. The summed E-state index contributed by atoms with van der Waals surface area (Å²) in [4.78, 5) is 25.4. The van der Waals surface area contributed by atoms with Crippen LogP contribution in [0.2, 0.25) is 0 Å². The highest BCUT2D eigenvalue weighted by molar-refractivity contribution is 5.95. The van der Waals surface area contributed by atoms with Crippen molar-refractivity contribution in [3.8, 4) is 0 Å². The maximum atomic E-state index is 13.0. The second-order valence-corrected chi connectivity index (χ2v) is 14.9. The minimum Gasteiger partial charge on any atom is -0.462 e. The van der Waals surface area contributed by atoms with E-state index in [1.54, 1.807) is 13.8 Å². The quantitative estimate of drug-likeness (QED) is 0.393. The van der Waals surface area contributed by atoms with Crippen LogP contribution in [0.4, 0.5) is 0 Å². The lowest BCUT2D eigenvalue weighted by Gasteiger charge is -2.66. The molecule has 212 valence electrons. The summed E-state index contributed by atoms with van der Waals surface area (Å²) in [5.41, 5.74) is -0.853. The molecule has 10 atom stereocenters. The second kappa shape index (κ2) is 8.75. The predicted octanol–water partition coefficient (Wildman–Crippen LogP) is 5.02. The summed E-state index contributed by atoms with van der Waals surface area (Å²) >= 11 is 0. The van der Waals surface area contributed by atoms with Crippen molar-refractivity contribution in [1.82, 2.24) is 0 Å². The van der Waals surface area contributed by atoms with Crippen molar-refractivity contribution < 1.29 is 29.3 Å². The van der Waals surface area contributed by atoms with Crippen LogP contribution in [0.1, 0.15) is 87.5 Å². The number of fused-ring (bicyclic) bond motifs is 5. The van der Waals surface area contributed by atoms with Gasteiger partial charge in [0.25, 0.3) is 0 Å². The van der Waals surface area contributed by atoms with Crippen LogP contribution in [-0.4, -0.2) is 52.5 Å². The van der Waals surface area contributed by atoms with E-state index in [9.17, 15) is 19.8 Å². The van der Waals surface area contributed by atoms with Crippen molar-refractivity contribution in [1.29, 1.82) is 0 Å². The van der Waals surface area contributed by atoms with Gasteiger partial charge in [-0.15, -0.1) is 0 Å². The second-order valence-electron chi connectivity index (χ2n) is 14.9. The van der Waals surface area contributed by atoms with Crippen molar-refractivity contribution in [2.75, 3.05) is 6.61 Å². The molecule has 2 N–H and O–H groups in total. The van der Waals surface area contributed by atoms with Gasteiger partial charge in [0.1, 0.15) is 12.2 Å². The molecular formula is C32H48O6. The molecule has 5 aliphatic rings. The van der Waals surface area contributed by atoms with Crippen LogP contribution in [-0.2, 0) is 19.1 Å². The molecule has 0 bridgehead atoms. The molecule has 0 spiro atoms. The first kappa shape index (κ1) is 28.0. The van der Waals surface area contributed by atoms with Gasteiger partial charge < -0.3 is 19.7 Å². The van der Waals surface area contributed by atoms with Crippen LogP contribution in [0.5, 0.6) is 0 Å². The maximum Gasteiger partial charge on any atom is 0.302 e. The van der Waals surface area contributed by atoms with Crippen LogP contribution in [0.3, 0.4) is 0 Å². The highest BCUT2D eigenvalue weighted by atomic mass is 16.5. The van der Waals surface area contributed by atoms with Crippen molar-refractivity contribution in [2.24, 2.45) is 45.3 Å². The van der Waals surface area contributed by atoms with E-state index >= 15 is 0 Å². The summed E-state index contributed by atoms with van der Waals surface area (Å²) < 4.78 is 12.3. The monoisotopic (exact) mass is 528 g/mol. The fraction of sp³-hybridized carbons (Fsp3) is 0.812. The van der Waals surface area contributed by atoms with E-state index in [1.165, 1.54) is 12.5 Å². The third-order valence-electron chi connectivity index (χ3n) is 12.0. The lowest BCUT2D eigenvalue weighted by molar-refractivity contribution is -0.188. The average Bonchev–Trinajstić information content (AvgIpc) is 3.41. The number of rotatable bonds is 4. The lowest BCUT2D eigenvalue weighted by atomic mass is 9.38. The highest BCUT2D eigenvalue weighted by Gasteiger charge is 2.69. The first-order chi connectivity index (χ1) is 17.5. The number of aliphatic hydroxyl groups excluding tert-OH is 1. The number of ketones is 1. The van der Waals surface area contributed by atoms with Gasteiger partial charge in [0.2, 0.25) is 0 Å². The van der Waals surface area contributed by atoms with Crippen molar-refractivity contribution in [3.05, 3.63) is 23.8 Å². The van der Waals surface area contributed by atoms with Crippen molar-refractivity contribution in [3.63, 3.8) is 0 Å². The summed E-state index contributed by atoms with van der Waals surface area (Å²) in [6, 6.07) is 0. The topological polar surface area (TPSA) is 93.1 Å². The zero-order chi connectivity index (χ0) is 28.1. The number of aliphatic hydroxyl groups is 2. The molecule has 38 heavy (non-hydrogen) atoms. The van der Waals surface area contributed by atoms with Crippen LogP contribution in [0, 0.1) is 45.3 Å². The number of hydrogen-bond donors (Lipinski definition) is 2. The molecular weight excluding hydrogens is 480 g/mol. The van der Waals surface area contributed by atoms with Gasteiger partial charge in [-0.2, -0.15) is 0 Å². The molecule has 1 aliphatic heterocycles. The Balaban J connectivity index is 1.50. The Morgan fingerprint density at radius 2 is 1.84 bits per heavy atom. The normalized spacial score (nSPS) is 46.6. The molecule has 0 amide bonds. The van der Waals surface area contributed by atoms with Gasteiger partial charge in [-0.25, -0.2) is 0 Å². The third kappa shape index (κ3) is 3.83. The molecule has 0 radical (unpaired) electrons. The Hall–Kier alpha value is -1.50. The van der Waals surface area contributed by atoms with Gasteiger partial charge in [-0.1, -0.05) is 52.3 Å². The standard InChI is InChI=1S/C32H48O6/c1-18(33)38-26-16-24-28(2,3)25(34)12-14-31(24,7)23-11-13-30(6)20(9-10-22(30)32(23,26)8)19-15-21(37-17-19)27(35)29(4,5)36/h10,12,14,19-21,23-24,26-27,35-36H,9,11,13,15-17H2,1-8H3/t19-,20+,21-,23-,24-,26-,27+,30+,31-,32+/m1/s1. The smallest absolute Gasteiger partial charge is 0.302 e. The Morgan fingerprint density at radius 3 is 2.47 bits per heavy atom. The van der Waals surface area contributed by atoms with Gasteiger partial charge >= 0.3 is 5.97 Å². The predicted molar refractivity (Wildman–Crippen MR) is 145 cm³/mol. The first-order valence-electron chi connectivity index (χ1n) is 14.6. The van der Waals surface area contributed by atoms with Gasteiger partial charge in [0, 0.05) is 17.8 Å². The lowest BCUT2D eigenvalue weighted by Crippen LogP contribution is -2.64. The minimum atomic E-state index is -1.21. The molecule has 0 aromatic rings. The zero-order valence-electron chi connectivity index (χ0n) is 24.5. The molecule has 1 heterocycles. The molecule has 5 rings (SSSR count). The van der Waals surface area contributed by atoms with Gasteiger partial charge in [0.05, 0.1) is 18.3 Å². The summed E-state index contributed by atoms with van der Waals surface area (Å²) in [6.45, 7) is 16.5. The average molecular weight is 529 g/mol. The molecule has 6 heteroatoms. The van der Waals surface area contributed by atoms with Gasteiger partial charge in [-0.05, 0) is 86.5 Å². The van der Waals surface area contributed by atoms with Crippen molar-refractivity contribution in [2.45, 2.75) is 111 Å². The summed E-state index contributed by atoms with van der Waals surface area (Å²) in [5, 5.41) is 21.1. The SMILES string of the molecule is CC(=O)O[C@@H]1C[C@@H]2C(C)(C)C(=O)C=C[C@]2(C)[C@H]2CC[C@]3(C)C(=CC[C@H]3[C@H]3CO[C@@H]([C@H](O)C(C)(C)O)C3)[C@@]21C. The molecule has 6 nitrogen and oxygen atoms in total. The van der Waals surface area contributed by atoms with Gasteiger partial charge in [0.15, 0.2) is 5.78 Å². The zero-order valence-corrected chi connectivity index (χ0v) is 24.5. The minimum absolute atomic E-state index is 0.0564. The van der Waals surface area contributed by atoms with E-state index in [-0.39, 0.29) is 52.0 Å². The highest BCUT2D eigenvalue weighted by Crippen LogP contribution is 2.72. The van der Waals surface area contributed by atoms with E-state index in [0.717, 1.165) is 25.7 Å². The Labute approximate surface area is 228 Å². The van der Waals surface area contributed by atoms with Crippen LogP contribution < -0.4 is 0 Å². The number of ether oxygens (including phenoxy) is 2. The van der Waals surface area contributed by atoms with E-state index < -0.39 is 17.1 Å². The van der Waals surface area contributed by atoms with Crippen LogP contribution >= 0.6 is 0 Å². The third-order valence-corrected chi connectivity index (χ3v) is 12.0. The van der Waals surface area contributed by atoms with E-state index in [4.69, 9.17) is 9.47 Å². The number of allylic oxidation sites excluding steroid dienone is 3. The number of carbonyl (C=O) groups is 2. The molecule has 0 aromatic carbocycles. The molecule has 0 aromatic heterocycles. The van der Waals surface area contributed by atoms with E-state index in [0.29, 0.717) is 24.9 Å². The molecule has 2 saturated carbocycles. The van der Waals surface area contributed by atoms with Crippen LogP contribution in [0.25, 0.3) is 0 Å². The van der Waals surface area contributed by atoms with E-state index in [1.807, 2.05) is 6.08 Å². The van der Waals surface area contributed by atoms with E-state index in [2.05, 4.69) is 46.8 Å². The Kier molecular flexibility index (Phi) is 6.46. The number of carbonyl (C=O) groups excluding carboxylic acids is 2. The van der Waals surface area contributed by atoms with Crippen molar-refractivity contribution >= 4 is 11.8 Å². The molecule has 1 saturated heterocycles. The summed E-state index contributed by atoms with van der Waals surface area (Å²) in [6.07, 6.45) is 9.25. The molecule has 4 aliphatic carbocycles. The number of esters is 1.